The number of aryl methyl sites for hydroxylation is 1. The smallest absolute Gasteiger partial charge is 0.275 e. The van der Waals surface area contributed by atoms with Gasteiger partial charge in [-0.2, -0.15) is 5.10 Å². The van der Waals surface area contributed by atoms with E-state index in [2.05, 4.69) is 15.2 Å². The average Bonchev–Trinajstić information content (AvgIpc) is 3.36. The highest BCUT2D eigenvalue weighted by Crippen LogP contribution is 2.27. The number of aromatic nitrogens is 4. The zero-order valence-corrected chi connectivity index (χ0v) is 20.2. The molecule has 4 heterocycles. The molecule has 8 heteroatoms. The van der Waals surface area contributed by atoms with Crippen molar-refractivity contribution in [2.75, 3.05) is 6.54 Å². The van der Waals surface area contributed by atoms with Gasteiger partial charge in [-0.1, -0.05) is 30.3 Å². The van der Waals surface area contributed by atoms with E-state index in [0.29, 0.717) is 48.4 Å². The summed E-state index contributed by atoms with van der Waals surface area (Å²) in [5, 5.41) is 8.00. The lowest BCUT2D eigenvalue weighted by Crippen LogP contribution is -2.40. The molecule has 0 saturated carbocycles. The average molecular weight is 494 g/mol. The minimum Gasteiger partial charge on any atom is -0.332 e. The number of rotatable bonds is 4. The summed E-state index contributed by atoms with van der Waals surface area (Å²) in [6, 6.07) is 17.9. The van der Waals surface area contributed by atoms with Gasteiger partial charge in [0.05, 0.1) is 12.1 Å². The van der Waals surface area contributed by atoms with E-state index in [-0.39, 0.29) is 17.3 Å². The third-order valence-electron chi connectivity index (χ3n) is 6.96. The molecule has 5 aromatic rings. The second-order valence-corrected chi connectivity index (χ2v) is 9.34. The molecule has 0 spiro atoms. The van der Waals surface area contributed by atoms with Crippen molar-refractivity contribution >= 4 is 16.8 Å². The second-order valence-electron chi connectivity index (χ2n) is 9.34. The van der Waals surface area contributed by atoms with Gasteiger partial charge in [0.1, 0.15) is 5.82 Å². The summed E-state index contributed by atoms with van der Waals surface area (Å²) < 4.78 is 15.8. The van der Waals surface area contributed by atoms with Gasteiger partial charge in [0.15, 0.2) is 5.69 Å². The summed E-state index contributed by atoms with van der Waals surface area (Å²) in [7, 11) is 0. The summed E-state index contributed by atoms with van der Waals surface area (Å²) in [6.07, 6.45) is 3.97. The number of amides is 1. The van der Waals surface area contributed by atoms with Gasteiger partial charge in [0.25, 0.3) is 11.5 Å². The highest BCUT2D eigenvalue weighted by atomic mass is 19.1. The molecule has 1 aliphatic rings. The monoisotopic (exact) mass is 493 g/mol. The molecule has 0 aliphatic carbocycles. The van der Waals surface area contributed by atoms with E-state index in [1.807, 2.05) is 42.5 Å². The number of halogens is 1. The molecule has 1 N–H and O–H groups in total. The maximum atomic E-state index is 14.0. The van der Waals surface area contributed by atoms with Gasteiger partial charge >= 0.3 is 0 Å². The van der Waals surface area contributed by atoms with Crippen molar-refractivity contribution in [3.8, 4) is 11.1 Å². The van der Waals surface area contributed by atoms with E-state index in [0.717, 1.165) is 27.7 Å². The van der Waals surface area contributed by atoms with Crippen molar-refractivity contribution in [1.29, 1.82) is 0 Å². The molecule has 6 rings (SSSR count). The topological polar surface area (TPSA) is 83.9 Å². The molecule has 0 bridgehead atoms. The van der Waals surface area contributed by atoms with Crippen LogP contribution in [0.3, 0.4) is 0 Å². The van der Waals surface area contributed by atoms with Crippen molar-refractivity contribution in [3.05, 3.63) is 117 Å². The third-order valence-corrected chi connectivity index (χ3v) is 6.96. The first-order valence-corrected chi connectivity index (χ1v) is 12.1. The fourth-order valence-corrected chi connectivity index (χ4v) is 5.03. The molecule has 184 valence electrons. The Hall–Kier alpha value is -4.59. The van der Waals surface area contributed by atoms with Gasteiger partial charge in [0, 0.05) is 48.5 Å². The molecule has 1 amide bonds. The van der Waals surface area contributed by atoms with Crippen LogP contribution in [0.15, 0.2) is 77.9 Å². The lowest BCUT2D eigenvalue weighted by atomic mass is 9.97. The summed E-state index contributed by atoms with van der Waals surface area (Å²) >= 11 is 0. The molecule has 0 fully saturated rings. The van der Waals surface area contributed by atoms with E-state index in [4.69, 9.17) is 0 Å². The maximum absolute atomic E-state index is 14.0. The number of para-hydroxylation sites is 1. The fraction of sp³-hybridized carbons (Fsp3) is 0.172. The Kier molecular flexibility index (Phi) is 5.64. The fourth-order valence-electron chi connectivity index (χ4n) is 5.03. The predicted octanol–water partition coefficient (Wildman–Crippen LogP) is 4.48. The van der Waals surface area contributed by atoms with Crippen LogP contribution in [0.2, 0.25) is 0 Å². The molecule has 0 saturated heterocycles. The minimum absolute atomic E-state index is 0.147. The molecule has 37 heavy (non-hydrogen) atoms. The van der Waals surface area contributed by atoms with Crippen LogP contribution in [0.1, 0.15) is 32.9 Å². The number of nitrogens with one attached hydrogen (secondary N) is 1. The van der Waals surface area contributed by atoms with Crippen molar-refractivity contribution in [3.63, 3.8) is 0 Å². The maximum Gasteiger partial charge on any atom is 0.275 e. The molecular weight excluding hydrogens is 469 g/mol. The van der Waals surface area contributed by atoms with E-state index < -0.39 is 0 Å². The summed E-state index contributed by atoms with van der Waals surface area (Å²) in [5.41, 5.74) is 5.33. The number of nitrogens with zero attached hydrogens (tertiary/aromatic N) is 4. The number of aromatic amines is 1. The third kappa shape index (κ3) is 4.10. The van der Waals surface area contributed by atoms with Crippen LogP contribution in [0.4, 0.5) is 4.39 Å². The molecule has 3 aromatic heterocycles. The Bertz CT molecular complexity index is 1710. The Morgan fingerprint density at radius 1 is 1.11 bits per heavy atom. The van der Waals surface area contributed by atoms with Crippen LogP contribution in [-0.4, -0.2) is 37.1 Å². The van der Waals surface area contributed by atoms with Gasteiger partial charge in [-0.25, -0.2) is 4.39 Å². The number of fused-ring (bicyclic) bond motifs is 2. The minimum atomic E-state index is -0.319. The number of hydrogen-bond donors (Lipinski definition) is 1. The van der Waals surface area contributed by atoms with Crippen molar-refractivity contribution in [1.82, 2.24) is 24.6 Å². The molecular formula is C29H24FN5O2. The number of carbonyl (C=O) groups excluding carboxylic acids is 1. The SMILES string of the molecule is Cc1cc(-c2cc3c(n(Cc4cccnc4)c2=O)CCN(C(=O)c2n[nH]c4ccccc24)C3)ccc1F. The van der Waals surface area contributed by atoms with Gasteiger partial charge < -0.3 is 9.47 Å². The Balaban J connectivity index is 1.44. The van der Waals surface area contributed by atoms with Crippen LogP contribution in [0.25, 0.3) is 22.0 Å². The normalized spacial score (nSPS) is 13.1. The van der Waals surface area contributed by atoms with E-state index in [1.54, 1.807) is 40.9 Å². The summed E-state index contributed by atoms with van der Waals surface area (Å²) in [4.78, 5) is 33.2. The zero-order chi connectivity index (χ0) is 25.5. The second kappa shape index (κ2) is 9.13. The van der Waals surface area contributed by atoms with E-state index >= 15 is 0 Å². The first kappa shape index (κ1) is 22.8. The summed E-state index contributed by atoms with van der Waals surface area (Å²) in [5.74, 6) is -0.479. The number of benzene rings is 2. The van der Waals surface area contributed by atoms with Crippen molar-refractivity contribution in [2.24, 2.45) is 0 Å². The standard InChI is InChI=1S/C29H24FN5O2/c1-18-13-20(8-9-24(18)30)23-14-21-17-34(29(37)27-22-6-2-3-7-25(22)32-33-27)12-10-26(21)35(28(23)36)16-19-5-4-11-31-15-19/h2-9,11,13-15H,10,12,16-17H2,1H3,(H,32,33). The van der Waals surface area contributed by atoms with Crippen LogP contribution in [0, 0.1) is 12.7 Å². The lowest BCUT2D eigenvalue weighted by molar-refractivity contribution is 0.0728. The Labute approximate surface area is 212 Å². The number of pyridine rings is 2. The molecule has 2 aromatic carbocycles. The van der Waals surface area contributed by atoms with Gasteiger partial charge in [-0.15, -0.1) is 0 Å². The molecule has 0 atom stereocenters. The quantitative estimate of drug-likeness (QED) is 0.400. The van der Waals surface area contributed by atoms with Gasteiger partial charge in [-0.3, -0.25) is 19.7 Å². The van der Waals surface area contributed by atoms with Crippen LogP contribution in [0.5, 0.6) is 0 Å². The lowest BCUT2D eigenvalue weighted by Gasteiger charge is -2.31. The highest BCUT2D eigenvalue weighted by molar-refractivity contribution is 6.04. The van der Waals surface area contributed by atoms with Gasteiger partial charge in [0.2, 0.25) is 0 Å². The molecule has 0 radical (unpaired) electrons. The molecule has 1 aliphatic heterocycles. The van der Waals surface area contributed by atoms with Crippen LogP contribution in [-0.2, 0) is 19.5 Å². The van der Waals surface area contributed by atoms with E-state index in [1.165, 1.54) is 6.07 Å². The first-order valence-electron chi connectivity index (χ1n) is 12.1. The number of H-pyrrole nitrogens is 1. The van der Waals surface area contributed by atoms with Crippen molar-refractivity contribution in [2.45, 2.75) is 26.4 Å². The molecule has 7 nitrogen and oxygen atoms in total. The number of hydrogen-bond acceptors (Lipinski definition) is 4. The van der Waals surface area contributed by atoms with Crippen LogP contribution < -0.4 is 5.56 Å². The first-order chi connectivity index (χ1) is 18.0. The Morgan fingerprint density at radius 3 is 2.78 bits per heavy atom. The van der Waals surface area contributed by atoms with Gasteiger partial charge in [-0.05, 0) is 59.5 Å². The van der Waals surface area contributed by atoms with Crippen molar-refractivity contribution < 1.29 is 9.18 Å². The number of carbonyl (C=O) groups is 1. The molecule has 0 unspecified atom stereocenters. The Morgan fingerprint density at radius 2 is 1.97 bits per heavy atom. The largest absolute Gasteiger partial charge is 0.332 e. The van der Waals surface area contributed by atoms with E-state index in [9.17, 15) is 14.0 Å². The summed E-state index contributed by atoms with van der Waals surface area (Å²) in [6.45, 7) is 2.85. The van der Waals surface area contributed by atoms with Crippen LogP contribution >= 0.6 is 0 Å². The highest BCUT2D eigenvalue weighted by Gasteiger charge is 2.28. The predicted molar refractivity (Wildman–Crippen MR) is 139 cm³/mol. The zero-order valence-electron chi connectivity index (χ0n) is 20.2.